The van der Waals surface area contributed by atoms with Crippen molar-refractivity contribution in [3.63, 3.8) is 0 Å². The maximum absolute atomic E-state index is 12.7. The molecule has 0 aromatic carbocycles. The molecule has 0 radical (unpaired) electrons. The van der Waals surface area contributed by atoms with E-state index in [1.807, 2.05) is 13.8 Å². The third kappa shape index (κ3) is 8.87. The van der Waals surface area contributed by atoms with Gasteiger partial charge in [0.05, 0.1) is 7.11 Å². The highest BCUT2D eigenvalue weighted by Gasteiger charge is 2.59. The number of carbonyl (C=O) groups is 2. The zero-order valence-electron chi connectivity index (χ0n) is 30.3. The quantitative estimate of drug-likeness (QED) is 0.115. The molecule has 9 unspecified atom stereocenters. The molecule has 4 aliphatic rings. The van der Waals surface area contributed by atoms with Crippen LogP contribution in [0.2, 0.25) is 0 Å². The molecule has 6 N–H and O–H groups in total. The van der Waals surface area contributed by atoms with Crippen molar-refractivity contribution in [2.24, 2.45) is 57.8 Å². The number of hydrogen-bond donors (Lipinski definition) is 4. The highest BCUT2D eigenvalue weighted by molar-refractivity contribution is 5.84. The van der Waals surface area contributed by atoms with Gasteiger partial charge in [0.2, 0.25) is 5.91 Å². The molecular formula is C38H71N5O3. The number of nitrogens with one attached hydrogen (secondary N) is 2. The van der Waals surface area contributed by atoms with Crippen LogP contribution in [0, 0.1) is 46.3 Å². The molecule has 9 atom stereocenters. The van der Waals surface area contributed by atoms with Crippen molar-refractivity contribution >= 4 is 11.9 Å². The number of nitrogens with zero attached hydrogens (tertiary/aromatic N) is 1. The standard InChI is InChI=1S/C38H71N5O3/c1-27(2)35(36(45)46-5)42-34(44)11-6-10-28-13-15-32-31-14-12-29-26-30(16-18-38(29,4)33(31)17-19-37(28,32)3)41-22-9-25-43(23-7-20-39)24-8-21-40/h27-33,35,41H,6-26,39-40H2,1-5H3,(H,42,44). The summed E-state index contributed by atoms with van der Waals surface area (Å²) in [5.74, 6) is 3.86. The Balaban J connectivity index is 1.23. The number of hydrogen-bond acceptors (Lipinski definition) is 7. The van der Waals surface area contributed by atoms with Crippen molar-refractivity contribution < 1.29 is 14.3 Å². The molecule has 8 heteroatoms. The highest BCUT2D eigenvalue weighted by atomic mass is 16.5. The van der Waals surface area contributed by atoms with Gasteiger partial charge in [-0.25, -0.2) is 4.79 Å². The van der Waals surface area contributed by atoms with Crippen LogP contribution in [0.1, 0.15) is 124 Å². The minimum absolute atomic E-state index is 0.0177. The fourth-order valence-electron chi connectivity index (χ4n) is 11.0. The fraction of sp³-hybridized carbons (Fsp3) is 0.947. The van der Waals surface area contributed by atoms with Crippen LogP contribution in [0.5, 0.6) is 0 Å². The van der Waals surface area contributed by atoms with E-state index < -0.39 is 6.04 Å². The van der Waals surface area contributed by atoms with Gasteiger partial charge in [-0.1, -0.05) is 27.7 Å². The second-order valence-corrected chi connectivity index (χ2v) is 16.6. The lowest BCUT2D eigenvalue weighted by molar-refractivity contribution is -0.146. The van der Waals surface area contributed by atoms with Gasteiger partial charge in [-0.15, -0.1) is 0 Å². The first-order chi connectivity index (χ1) is 22.1. The lowest BCUT2D eigenvalue weighted by atomic mass is 9.44. The Labute approximate surface area is 281 Å². The minimum atomic E-state index is -0.558. The first-order valence-electron chi connectivity index (χ1n) is 19.3. The van der Waals surface area contributed by atoms with Crippen molar-refractivity contribution in [3.05, 3.63) is 0 Å². The minimum Gasteiger partial charge on any atom is -0.467 e. The van der Waals surface area contributed by atoms with Crippen LogP contribution < -0.4 is 22.1 Å². The number of esters is 1. The zero-order chi connectivity index (χ0) is 33.3. The van der Waals surface area contributed by atoms with Crippen LogP contribution in [0.15, 0.2) is 0 Å². The number of fused-ring (bicyclic) bond motifs is 5. The first kappa shape index (κ1) is 37.6. The van der Waals surface area contributed by atoms with Crippen LogP contribution in [0.4, 0.5) is 0 Å². The van der Waals surface area contributed by atoms with E-state index in [1.165, 1.54) is 71.3 Å². The number of nitrogens with two attached hydrogens (primary N) is 2. The summed E-state index contributed by atoms with van der Waals surface area (Å²) in [6.07, 6.45) is 18.3. The second-order valence-electron chi connectivity index (χ2n) is 16.6. The molecule has 0 heterocycles. The van der Waals surface area contributed by atoms with Crippen molar-refractivity contribution in [1.82, 2.24) is 15.5 Å². The molecule has 0 bridgehead atoms. The van der Waals surface area contributed by atoms with Gasteiger partial charge in [-0.3, -0.25) is 4.79 Å². The molecule has 266 valence electrons. The third-order valence-corrected chi connectivity index (χ3v) is 13.7. The molecule has 4 rings (SSSR count). The molecule has 8 nitrogen and oxygen atoms in total. The summed E-state index contributed by atoms with van der Waals surface area (Å²) in [5.41, 5.74) is 12.5. The number of methoxy groups -OCH3 is 1. The average molecular weight is 646 g/mol. The van der Waals surface area contributed by atoms with Gasteiger partial charge in [-0.05, 0) is 175 Å². The van der Waals surface area contributed by atoms with E-state index in [-0.39, 0.29) is 17.8 Å². The normalized spacial score (nSPS) is 34.5. The fourth-order valence-corrected chi connectivity index (χ4v) is 11.0. The average Bonchev–Trinajstić information content (AvgIpc) is 3.38. The number of ether oxygens (including phenoxy) is 1. The molecule has 4 aliphatic carbocycles. The van der Waals surface area contributed by atoms with Crippen molar-refractivity contribution in [3.8, 4) is 0 Å². The van der Waals surface area contributed by atoms with E-state index in [0.29, 0.717) is 23.3 Å². The molecule has 0 saturated heterocycles. The summed E-state index contributed by atoms with van der Waals surface area (Å²) in [6.45, 7) is 15.2. The van der Waals surface area contributed by atoms with Crippen LogP contribution >= 0.6 is 0 Å². The maximum Gasteiger partial charge on any atom is 0.328 e. The van der Waals surface area contributed by atoms with E-state index in [4.69, 9.17) is 16.2 Å². The molecule has 0 aromatic heterocycles. The van der Waals surface area contributed by atoms with Gasteiger partial charge >= 0.3 is 5.97 Å². The van der Waals surface area contributed by atoms with Gasteiger partial charge < -0.3 is 31.7 Å². The SMILES string of the molecule is COC(=O)C(NC(=O)CCCC1CCC2C3CCC4CC(NCCCN(CCCN)CCCN)CCC4(C)C3CCC12C)C(C)C. The summed E-state index contributed by atoms with van der Waals surface area (Å²) in [4.78, 5) is 27.4. The summed E-state index contributed by atoms with van der Waals surface area (Å²) < 4.78 is 4.90. The molecule has 4 fully saturated rings. The molecule has 0 aromatic rings. The summed E-state index contributed by atoms with van der Waals surface area (Å²) in [5, 5.41) is 6.92. The Morgan fingerprint density at radius 1 is 0.870 bits per heavy atom. The largest absolute Gasteiger partial charge is 0.467 e. The number of rotatable bonds is 18. The predicted octanol–water partition coefficient (Wildman–Crippen LogP) is 5.48. The lowest BCUT2D eigenvalue weighted by Gasteiger charge is -2.61. The molecule has 46 heavy (non-hydrogen) atoms. The van der Waals surface area contributed by atoms with Crippen LogP contribution in [0.3, 0.4) is 0 Å². The maximum atomic E-state index is 12.7. The smallest absolute Gasteiger partial charge is 0.328 e. The van der Waals surface area contributed by atoms with Crippen molar-refractivity contribution in [2.75, 3.05) is 46.4 Å². The van der Waals surface area contributed by atoms with Crippen molar-refractivity contribution in [1.29, 1.82) is 0 Å². The van der Waals surface area contributed by atoms with E-state index >= 15 is 0 Å². The highest BCUT2D eigenvalue weighted by Crippen LogP contribution is 2.67. The van der Waals surface area contributed by atoms with Gasteiger partial charge in [0, 0.05) is 12.5 Å². The van der Waals surface area contributed by atoms with E-state index in [9.17, 15) is 9.59 Å². The second kappa shape index (κ2) is 17.4. The van der Waals surface area contributed by atoms with E-state index in [2.05, 4.69) is 29.4 Å². The Morgan fingerprint density at radius 3 is 2.22 bits per heavy atom. The summed E-state index contributed by atoms with van der Waals surface area (Å²) in [7, 11) is 1.39. The topological polar surface area (TPSA) is 123 Å². The molecular weight excluding hydrogens is 574 g/mol. The lowest BCUT2D eigenvalue weighted by Crippen LogP contribution is -2.55. The summed E-state index contributed by atoms with van der Waals surface area (Å²) >= 11 is 0. The zero-order valence-corrected chi connectivity index (χ0v) is 30.3. The predicted molar refractivity (Wildman–Crippen MR) is 188 cm³/mol. The van der Waals surface area contributed by atoms with Crippen LogP contribution in [0.25, 0.3) is 0 Å². The summed E-state index contributed by atoms with van der Waals surface area (Å²) in [6, 6.07) is 0.124. The first-order valence-corrected chi connectivity index (χ1v) is 19.3. The van der Waals surface area contributed by atoms with Gasteiger partial charge in [0.15, 0.2) is 0 Å². The van der Waals surface area contributed by atoms with Gasteiger partial charge in [0.25, 0.3) is 0 Å². The number of carbonyl (C=O) groups excluding carboxylic acids is 2. The van der Waals surface area contributed by atoms with E-state index in [0.717, 1.165) is 94.5 Å². The third-order valence-electron chi connectivity index (χ3n) is 13.7. The Hall–Kier alpha value is -1.22. The molecule has 4 saturated carbocycles. The van der Waals surface area contributed by atoms with E-state index in [1.54, 1.807) is 0 Å². The van der Waals surface area contributed by atoms with Gasteiger partial charge in [0.1, 0.15) is 6.04 Å². The monoisotopic (exact) mass is 646 g/mol. The Kier molecular flexibility index (Phi) is 14.3. The Morgan fingerprint density at radius 2 is 1.54 bits per heavy atom. The number of amides is 1. The van der Waals surface area contributed by atoms with Crippen LogP contribution in [-0.4, -0.2) is 75.2 Å². The van der Waals surface area contributed by atoms with Crippen LogP contribution in [-0.2, 0) is 14.3 Å². The van der Waals surface area contributed by atoms with Crippen molar-refractivity contribution in [2.45, 2.75) is 136 Å². The molecule has 1 amide bonds. The molecule has 0 spiro atoms. The Bertz CT molecular complexity index is 955. The van der Waals surface area contributed by atoms with Gasteiger partial charge in [-0.2, -0.15) is 0 Å². The molecule has 0 aliphatic heterocycles.